The predicted molar refractivity (Wildman–Crippen MR) is 363 cm³/mol. The van der Waals surface area contributed by atoms with Crippen LogP contribution in [0.5, 0.6) is 0 Å². The van der Waals surface area contributed by atoms with Crippen molar-refractivity contribution in [3.63, 3.8) is 0 Å². The van der Waals surface area contributed by atoms with Gasteiger partial charge in [-0.25, -0.2) is 9.13 Å². The molecule has 0 saturated carbocycles. The standard InChI is InChI=1S/C71H134O17P2/c1-5-9-13-17-21-25-27-29-31-32-33-34-36-38-40-42-46-50-54-58-71(76)88-67(62-82-69(74)56-52-48-45-41-39-37-35-30-28-26-22-18-14-10-6-2)64-86-90(79,80)84-60-65(72)59-83-89(77,78)85-63-66(87-70(75)57-53-49-44-24-20-16-12-8-4)61-81-68(73)55-51-47-43-23-19-15-11-7-3/h26,28,30,35,65-67,72H,5-25,27,29,31-34,36-64H2,1-4H3,(H,77,78)(H,79,80)/b28-26-,35-30-/t65-,66+,67+/m0/s1. The van der Waals surface area contributed by atoms with Crippen LogP contribution in [-0.2, 0) is 65.4 Å². The predicted octanol–water partition coefficient (Wildman–Crippen LogP) is 20.2. The number of phosphoric acid groups is 2. The lowest BCUT2D eigenvalue weighted by atomic mass is 10.0. The minimum absolute atomic E-state index is 0.102. The number of allylic oxidation sites excluding steroid dienone is 4. The Morgan fingerprint density at radius 3 is 0.811 bits per heavy atom. The first-order valence-electron chi connectivity index (χ1n) is 36.6. The molecule has 0 spiro atoms. The molecule has 19 heteroatoms. The van der Waals surface area contributed by atoms with Gasteiger partial charge in [0.25, 0.3) is 0 Å². The van der Waals surface area contributed by atoms with Gasteiger partial charge < -0.3 is 33.8 Å². The van der Waals surface area contributed by atoms with Crippen molar-refractivity contribution in [2.24, 2.45) is 0 Å². The lowest BCUT2D eigenvalue weighted by molar-refractivity contribution is -0.161. The molecule has 3 N–H and O–H groups in total. The van der Waals surface area contributed by atoms with E-state index in [0.29, 0.717) is 25.7 Å². The average molecular weight is 1320 g/mol. The van der Waals surface area contributed by atoms with Gasteiger partial charge in [0.2, 0.25) is 0 Å². The Balaban J connectivity index is 5.20. The van der Waals surface area contributed by atoms with Crippen molar-refractivity contribution in [3.05, 3.63) is 24.3 Å². The number of esters is 4. The van der Waals surface area contributed by atoms with Crippen LogP contribution >= 0.6 is 15.6 Å². The van der Waals surface area contributed by atoms with Gasteiger partial charge in [-0.3, -0.25) is 37.3 Å². The summed E-state index contributed by atoms with van der Waals surface area (Å²) < 4.78 is 68.1. The van der Waals surface area contributed by atoms with Crippen LogP contribution in [0.25, 0.3) is 0 Å². The topological polar surface area (TPSA) is 237 Å². The quantitative estimate of drug-likeness (QED) is 0.0169. The first-order chi connectivity index (χ1) is 43.7. The summed E-state index contributed by atoms with van der Waals surface area (Å²) in [6.07, 6.45) is 56.5. The van der Waals surface area contributed by atoms with E-state index in [2.05, 4.69) is 52.0 Å². The smallest absolute Gasteiger partial charge is 0.462 e. The second-order valence-corrected chi connectivity index (χ2v) is 27.8. The number of hydrogen-bond donors (Lipinski definition) is 3. The van der Waals surface area contributed by atoms with Crippen LogP contribution in [0.1, 0.15) is 349 Å². The fourth-order valence-electron chi connectivity index (χ4n) is 10.3. The molecule has 2 unspecified atom stereocenters. The molecule has 0 aliphatic heterocycles. The Morgan fingerprint density at radius 1 is 0.311 bits per heavy atom. The normalized spacial score (nSPS) is 14.2. The summed E-state index contributed by atoms with van der Waals surface area (Å²) in [7, 11) is -9.90. The number of hydrogen-bond acceptors (Lipinski definition) is 15. The van der Waals surface area contributed by atoms with Crippen molar-refractivity contribution < 1.29 is 80.2 Å². The largest absolute Gasteiger partial charge is 0.472 e. The van der Waals surface area contributed by atoms with Crippen LogP contribution in [0.15, 0.2) is 24.3 Å². The summed E-state index contributed by atoms with van der Waals surface area (Å²) in [4.78, 5) is 72.3. The molecular formula is C71H134O17P2. The molecule has 0 aromatic rings. The van der Waals surface area contributed by atoms with Crippen molar-refractivity contribution in [2.75, 3.05) is 39.6 Å². The molecule has 5 atom stereocenters. The highest BCUT2D eigenvalue weighted by molar-refractivity contribution is 7.47. The fraction of sp³-hybridized carbons (Fsp3) is 0.887. The first-order valence-corrected chi connectivity index (χ1v) is 39.6. The molecule has 0 amide bonds. The van der Waals surface area contributed by atoms with E-state index >= 15 is 0 Å². The molecule has 530 valence electrons. The van der Waals surface area contributed by atoms with Crippen molar-refractivity contribution in [1.29, 1.82) is 0 Å². The number of phosphoric ester groups is 2. The molecule has 0 fully saturated rings. The molecule has 0 aliphatic rings. The molecule has 17 nitrogen and oxygen atoms in total. The first kappa shape index (κ1) is 87.5. The second kappa shape index (κ2) is 65.2. The van der Waals surface area contributed by atoms with E-state index in [1.165, 1.54) is 148 Å². The van der Waals surface area contributed by atoms with Crippen molar-refractivity contribution in [1.82, 2.24) is 0 Å². The average Bonchev–Trinajstić information content (AvgIpc) is 3.31. The van der Waals surface area contributed by atoms with Gasteiger partial charge in [-0.1, -0.05) is 296 Å². The summed E-state index contributed by atoms with van der Waals surface area (Å²) in [6, 6.07) is 0. The third-order valence-electron chi connectivity index (χ3n) is 16.0. The molecule has 0 radical (unpaired) electrons. The van der Waals surface area contributed by atoms with E-state index in [0.717, 1.165) is 122 Å². The maximum absolute atomic E-state index is 13.0. The molecule has 0 aromatic carbocycles. The molecule has 90 heavy (non-hydrogen) atoms. The molecule has 0 rings (SSSR count). The Morgan fingerprint density at radius 2 is 0.533 bits per heavy atom. The number of carbonyl (C=O) groups excluding carboxylic acids is 4. The van der Waals surface area contributed by atoms with Crippen molar-refractivity contribution >= 4 is 39.5 Å². The molecule has 0 aliphatic carbocycles. The van der Waals surface area contributed by atoms with Crippen LogP contribution < -0.4 is 0 Å². The van der Waals surface area contributed by atoms with Crippen LogP contribution in [0, 0.1) is 0 Å². The minimum atomic E-state index is -4.96. The Hall–Kier alpha value is -2.46. The number of rotatable bonds is 70. The monoisotopic (exact) mass is 1320 g/mol. The van der Waals surface area contributed by atoms with Crippen LogP contribution in [0.3, 0.4) is 0 Å². The number of aliphatic hydroxyl groups excluding tert-OH is 1. The van der Waals surface area contributed by atoms with E-state index in [1.807, 2.05) is 0 Å². The summed E-state index contributed by atoms with van der Waals surface area (Å²) in [5, 5.41) is 10.6. The lowest BCUT2D eigenvalue weighted by Gasteiger charge is -2.21. The summed E-state index contributed by atoms with van der Waals surface area (Å²) in [5.74, 6) is -2.16. The minimum Gasteiger partial charge on any atom is -0.462 e. The maximum Gasteiger partial charge on any atom is 0.472 e. The van der Waals surface area contributed by atoms with Gasteiger partial charge in [-0.2, -0.15) is 0 Å². The molecule has 0 saturated heterocycles. The van der Waals surface area contributed by atoms with E-state index in [1.54, 1.807) is 0 Å². The summed E-state index contributed by atoms with van der Waals surface area (Å²) in [6.45, 7) is 4.83. The zero-order valence-electron chi connectivity index (χ0n) is 57.6. The van der Waals surface area contributed by atoms with E-state index in [9.17, 15) is 43.2 Å². The van der Waals surface area contributed by atoms with Gasteiger partial charge in [0, 0.05) is 25.7 Å². The fourth-order valence-corrected chi connectivity index (χ4v) is 11.9. The zero-order valence-corrected chi connectivity index (χ0v) is 59.4. The third kappa shape index (κ3) is 64.3. The van der Waals surface area contributed by atoms with Gasteiger partial charge in [-0.15, -0.1) is 0 Å². The summed E-state index contributed by atoms with van der Waals surface area (Å²) >= 11 is 0. The van der Waals surface area contributed by atoms with Crippen LogP contribution in [0.2, 0.25) is 0 Å². The van der Waals surface area contributed by atoms with Gasteiger partial charge in [0.1, 0.15) is 19.3 Å². The molecule has 0 aromatic heterocycles. The van der Waals surface area contributed by atoms with Crippen LogP contribution in [0.4, 0.5) is 0 Å². The zero-order chi connectivity index (χ0) is 66.1. The summed E-state index contributed by atoms with van der Waals surface area (Å²) in [5.41, 5.74) is 0. The number of carbonyl (C=O) groups is 4. The highest BCUT2D eigenvalue weighted by Crippen LogP contribution is 2.45. The molecule has 0 heterocycles. The van der Waals surface area contributed by atoms with Crippen LogP contribution in [-0.4, -0.2) is 96.7 Å². The highest BCUT2D eigenvalue weighted by atomic mass is 31.2. The Kier molecular flexibility index (Phi) is 63.4. The lowest BCUT2D eigenvalue weighted by Crippen LogP contribution is -2.30. The SMILES string of the molecule is CCCCCC/C=C\C=C/CCCCCCCC(=O)OC[C@H](COP(=O)(O)OC[C@@H](O)COP(=O)(O)OC[C@@H](COC(=O)CCCCCCCCCC)OC(=O)CCCCCCCCCC)OC(=O)CCCCCCCCCCCCCCCCCCCCC. The van der Waals surface area contributed by atoms with Gasteiger partial charge in [0.15, 0.2) is 12.2 Å². The third-order valence-corrected chi connectivity index (χ3v) is 17.9. The van der Waals surface area contributed by atoms with Gasteiger partial charge >= 0.3 is 39.5 Å². The Bertz CT molecular complexity index is 1820. The number of ether oxygens (including phenoxy) is 4. The number of unbranched alkanes of at least 4 members (excludes halogenated alkanes) is 41. The second-order valence-electron chi connectivity index (χ2n) is 24.9. The van der Waals surface area contributed by atoms with Gasteiger partial charge in [0.05, 0.1) is 26.4 Å². The van der Waals surface area contributed by atoms with E-state index in [-0.39, 0.29) is 25.7 Å². The highest BCUT2D eigenvalue weighted by Gasteiger charge is 2.30. The Labute approximate surface area is 548 Å². The maximum atomic E-state index is 13.0. The molecule has 0 bridgehead atoms. The van der Waals surface area contributed by atoms with E-state index in [4.69, 9.17) is 37.0 Å². The van der Waals surface area contributed by atoms with Crippen molar-refractivity contribution in [2.45, 2.75) is 367 Å². The van der Waals surface area contributed by atoms with Crippen molar-refractivity contribution in [3.8, 4) is 0 Å². The van der Waals surface area contributed by atoms with Gasteiger partial charge in [-0.05, 0) is 51.4 Å². The van der Waals surface area contributed by atoms with E-state index < -0.39 is 97.5 Å². The molecular weight excluding hydrogens is 1190 g/mol. The number of aliphatic hydroxyl groups is 1.